The highest BCUT2D eigenvalue weighted by Gasteiger charge is 2.54. The normalized spacial score (nSPS) is 48.0. The van der Waals surface area contributed by atoms with Gasteiger partial charge in [-0.05, 0) is 49.4 Å². The smallest absolute Gasteiger partial charge is 0.157 e. The summed E-state index contributed by atoms with van der Waals surface area (Å²) in [6, 6.07) is 0. The first kappa shape index (κ1) is 11.0. The highest BCUT2D eigenvalue weighted by molar-refractivity contribution is 5.04. The highest BCUT2D eigenvalue weighted by atomic mass is 16.7. The van der Waals surface area contributed by atoms with Crippen molar-refractivity contribution in [1.82, 2.24) is 0 Å². The van der Waals surface area contributed by atoms with E-state index in [0.29, 0.717) is 5.92 Å². The molecule has 92 valence electrons. The molecule has 1 N–H and O–H groups in total. The third kappa shape index (κ3) is 1.60. The molecule has 2 aliphatic carbocycles. The molecule has 0 aromatic rings. The number of ether oxygens (including phenoxy) is 2. The molecule has 0 aromatic carbocycles. The fourth-order valence-electron chi connectivity index (χ4n) is 4.04. The van der Waals surface area contributed by atoms with E-state index in [1.54, 1.807) is 0 Å². The molecule has 0 radical (unpaired) electrons. The van der Waals surface area contributed by atoms with Crippen LogP contribution in [-0.2, 0) is 9.47 Å². The highest BCUT2D eigenvalue weighted by Crippen LogP contribution is 2.57. The average molecular weight is 226 g/mol. The van der Waals surface area contributed by atoms with Gasteiger partial charge >= 0.3 is 0 Å². The molecule has 3 nitrogen and oxygen atoms in total. The first-order chi connectivity index (χ1) is 7.70. The first-order valence-corrected chi connectivity index (χ1v) is 6.61. The summed E-state index contributed by atoms with van der Waals surface area (Å²) in [5, 5.41) is 10.3. The van der Waals surface area contributed by atoms with Crippen LogP contribution in [0.5, 0.6) is 0 Å². The predicted molar refractivity (Wildman–Crippen MR) is 59.9 cm³/mol. The summed E-state index contributed by atoms with van der Waals surface area (Å²) in [7, 11) is 0. The van der Waals surface area contributed by atoms with E-state index < -0.39 is 0 Å². The molecule has 3 fully saturated rings. The van der Waals surface area contributed by atoms with Crippen molar-refractivity contribution < 1.29 is 14.6 Å². The van der Waals surface area contributed by atoms with Crippen molar-refractivity contribution in [3.05, 3.63) is 0 Å². The van der Waals surface area contributed by atoms with Crippen LogP contribution in [0.3, 0.4) is 0 Å². The van der Waals surface area contributed by atoms with Gasteiger partial charge in [-0.25, -0.2) is 0 Å². The Labute approximate surface area is 97.1 Å². The monoisotopic (exact) mass is 226 g/mol. The second-order valence-electron chi connectivity index (χ2n) is 5.93. The summed E-state index contributed by atoms with van der Waals surface area (Å²) in [5.41, 5.74) is 0.123. The Morgan fingerprint density at radius 3 is 2.62 bits per heavy atom. The zero-order valence-corrected chi connectivity index (χ0v) is 10.0. The van der Waals surface area contributed by atoms with Gasteiger partial charge in [-0.15, -0.1) is 0 Å². The molecule has 1 aliphatic heterocycles. The first-order valence-electron chi connectivity index (χ1n) is 6.61. The maximum absolute atomic E-state index is 10.3. The van der Waals surface area contributed by atoms with E-state index in [1.807, 2.05) is 0 Å². The Morgan fingerprint density at radius 1 is 1.25 bits per heavy atom. The fraction of sp³-hybridized carbons (Fsp3) is 1.00. The van der Waals surface area contributed by atoms with E-state index >= 15 is 0 Å². The number of aliphatic hydroxyl groups excluding tert-OH is 1. The van der Waals surface area contributed by atoms with Crippen LogP contribution >= 0.6 is 0 Å². The topological polar surface area (TPSA) is 38.7 Å². The number of aliphatic hydroxyl groups is 1. The van der Waals surface area contributed by atoms with Crippen LogP contribution < -0.4 is 0 Å². The summed E-state index contributed by atoms with van der Waals surface area (Å²) in [6.07, 6.45) is 5.67. The Kier molecular flexibility index (Phi) is 2.73. The van der Waals surface area contributed by atoms with Crippen LogP contribution in [0.1, 0.15) is 39.0 Å². The predicted octanol–water partition coefficient (Wildman–Crippen LogP) is 1.94. The van der Waals surface area contributed by atoms with Crippen LogP contribution in [-0.4, -0.2) is 30.7 Å². The van der Waals surface area contributed by atoms with Gasteiger partial charge in [0.05, 0.1) is 19.3 Å². The second kappa shape index (κ2) is 3.97. The molecule has 16 heavy (non-hydrogen) atoms. The lowest BCUT2D eigenvalue weighted by molar-refractivity contribution is -0.0728. The van der Waals surface area contributed by atoms with Gasteiger partial charge in [-0.3, -0.25) is 0 Å². The van der Waals surface area contributed by atoms with Gasteiger partial charge in [-0.2, -0.15) is 0 Å². The minimum Gasteiger partial charge on any atom is -0.392 e. The third-order valence-electron chi connectivity index (χ3n) is 5.14. The molecule has 0 aromatic heterocycles. The minimum absolute atomic E-state index is 0.0110. The quantitative estimate of drug-likeness (QED) is 0.799. The molecule has 4 atom stereocenters. The molecule has 0 unspecified atom stereocenters. The van der Waals surface area contributed by atoms with Crippen LogP contribution in [0, 0.1) is 17.3 Å². The second-order valence-corrected chi connectivity index (χ2v) is 5.93. The van der Waals surface area contributed by atoms with Crippen LogP contribution in [0.25, 0.3) is 0 Å². The molecule has 2 bridgehead atoms. The van der Waals surface area contributed by atoms with Gasteiger partial charge in [0.25, 0.3) is 0 Å². The van der Waals surface area contributed by atoms with Gasteiger partial charge in [0.15, 0.2) is 6.29 Å². The Hall–Kier alpha value is -0.120. The lowest BCUT2D eigenvalue weighted by Crippen LogP contribution is -2.38. The van der Waals surface area contributed by atoms with Crippen molar-refractivity contribution in [3.63, 3.8) is 0 Å². The maximum Gasteiger partial charge on any atom is 0.157 e. The lowest BCUT2D eigenvalue weighted by Gasteiger charge is -2.38. The number of rotatable bonds is 3. The molecule has 3 aliphatic rings. The average Bonchev–Trinajstić information content (AvgIpc) is 2.97. The molecule has 2 saturated carbocycles. The van der Waals surface area contributed by atoms with E-state index in [1.165, 1.54) is 19.3 Å². The standard InChI is InChI=1S/C13H22O3/c1-13(5-4-11-15-6-7-16-11)10-3-2-9(8-10)12(13)14/h9-12,14H,2-8H2,1H3/t9-,10+,12+,13-/m1/s1. The Bertz CT molecular complexity index is 258. The van der Waals surface area contributed by atoms with Gasteiger partial charge in [-0.1, -0.05) is 6.92 Å². The Balaban J connectivity index is 1.60. The SMILES string of the molecule is C[C@@]1(CCC2OCCO2)[C@H]2CC[C@H](C2)[C@@H]1O. The molecule has 3 rings (SSSR count). The Morgan fingerprint density at radius 2 is 2.00 bits per heavy atom. The molecular formula is C13H22O3. The van der Waals surface area contributed by atoms with Gasteiger partial charge in [0, 0.05) is 0 Å². The van der Waals surface area contributed by atoms with Crippen LogP contribution in [0.4, 0.5) is 0 Å². The van der Waals surface area contributed by atoms with Crippen molar-refractivity contribution in [3.8, 4) is 0 Å². The fourth-order valence-corrected chi connectivity index (χ4v) is 4.04. The lowest BCUT2D eigenvalue weighted by atomic mass is 9.70. The van der Waals surface area contributed by atoms with Crippen molar-refractivity contribution >= 4 is 0 Å². The zero-order chi connectivity index (χ0) is 11.2. The maximum atomic E-state index is 10.3. The summed E-state index contributed by atoms with van der Waals surface area (Å²) >= 11 is 0. The van der Waals surface area contributed by atoms with E-state index in [4.69, 9.17) is 9.47 Å². The third-order valence-corrected chi connectivity index (χ3v) is 5.14. The van der Waals surface area contributed by atoms with Crippen LogP contribution in [0.15, 0.2) is 0 Å². The molecule has 3 heteroatoms. The number of fused-ring (bicyclic) bond motifs is 2. The van der Waals surface area contributed by atoms with Crippen LogP contribution in [0.2, 0.25) is 0 Å². The summed E-state index contributed by atoms with van der Waals surface area (Å²) in [4.78, 5) is 0. The van der Waals surface area contributed by atoms with Crippen molar-refractivity contribution in [2.45, 2.75) is 51.4 Å². The van der Waals surface area contributed by atoms with Gasteiger partial charge in [0.1, 0.15) is 0 Å². The van der Waals surface area contributed by atoms with Crippen molar-refractivity contribution in [1.29, 1.82) is 0 Å². The van der Waals surface area contributed by atoms with Crippen molar-refractivity contribution in [2.75, 3.05) is 13.2 Å². The molecule has 0 amide bonds. The molecule has 1 heterocycles. The van der Waals surface area contributed by atoms with E-state index in [-0.39, 0.29) is 17.8 Å². The zero-order valence-electron chi connectivity index (χ0n) is 10.0. The largest absolute Gasteiger partial charge is 0.392 e. The number of hydrogen-bond acceptors (Lipinski definition) is 3. The van der Waals surface area contributed by atoms with Crippen molar-refractivity contribution in [2.24, 2.45) is 17.3 Å². The summed E-state index contributed by atoms with van der Waals surface area (Å²) in [6.45, 7) is 3.72. The van der Waals surface area contributed by atoms with Gasteiger partial charge in [0.2, 0.25) is 0 Å². The summed E-state index contributed by atoms with van der Waals surface area (Å²) in [5.74, 6) is 1.30. The van der Waals surface area contributed by atoms with E-state index in [9.17, 15) is 5.11 Å². The molecular weight excluding hydrogens is 204 g/mol. The van der Waals surface area contributed by atoms with Gasteiger partial charge < -0.3 is 14.6 Å². The number of hydrogen-bond donors (Lipinski definition) is 1. The van der Waals surface area contributed by atoms with E-state index in [2.05, 4.69) is 6.92 Å². The summed E-state index contributed by atoms with van der Waals surface area (Å²) < 4.78 is 10.9. The minimum atomic E-state index is -0.0901. The molecule has 0 spiro atoms. The van der Waals surface area contributed by atoms with E-state index in [0.717, 1.165) is 32.0 Å². The molecule has 1 saturated heterocycles.